The third kappa shape index (κ3) is 2.17. The van der Waals surface area contributed by atoms with Crippen LogP contribution in [0.5, 0.6) is 0 Å². The lowest BCUT2D eigenvalue weighted by molar-refractivity contribution is -0.186. The number of hydrogen-bond acceptors (Lipinski definition) is 2. The number of nitrogens with zero attached hydrogens (tertiary/aromatic N) is 1. The molecule has 2 aliphatic rings. The van der Waals surface area contributed by atoms with E-state index in [1.165, 1.54) is 0 Å². The summed E-state index contributed by atoms with van der Waals surface area (Å²) < 4.78 is 6.34. The fourth-order valence-corrected chi connectivity index (χ4v) is 3.78. The topological polar surface area (TPSA) is 33.8 Å². The highest BCUT2D eigenvalue weighted by Gasteiger charge is 2.54. The molecule has 0 aromatic rings. The average molecular weight is 263 g/mol. The zero-order valence-corrected chi connectivity index (χ0v) is 12.7. The summed E-state index contributed by atoms with van der Waals surface area (Å²) in [6, 6.07) is 0. The van der Waals surface area contributed by atoms with Crippen LogP contribution in [0, 0.1) is 23.3 Å². The summed E-state index contributed by atoms with van der Waals surface area (Å²) in [7, 11) is 0. The molecule has 3 heteroatoms. The number of fused-ring (bicyclic) bond motifs is 1. The molecule has 0 bridgehead atoms. The summed E-state index contributed by atoms with van der Waals surface area (Å²) in [5, 5.41) is 10.4. The van der Waals surface area contributed by atoms with Crippen molar-refractivity contribution in [3.63, 3.8) is 0 Å². The van der Waals surface area contributed by atoms with Crippen LogP contribution >= 0.6 is 0 Å². The minimum atomic E-state index is -0.472. The molecule has 0 aromatic heterocycles. The van der Waals surface area contributed by atoms with Gasteiger partial charge in [-0.3, -0.25) is 0 Å². The largest absolute Gasteiger partial charge is 0.523 e. The van der Waals surface area contributed by atoms with Crippen molar-refractivity contribution in [2.45, 2.75) is 66.1 Å². The number of ether oxygens (including phenoxy) is 1. The molecule has 0 amide bonds. The first kappa shape index (κ1) is 14.4. The van der Waals surface area contributed by atoms with E-state index in [2.05, 4.69) is 25.6 Å². The lowest BCUT2D eigenvalue weighted by Crippen LogP contribution is -2.54. The van der Waals surface area contributed by atoms with Gasteiger partial charge >= 0.3 is 0 Å². The van der Waals surface area contributed by atoms with Gasteiger partial charge in [0.15, 0.2) is 0 Å². The molecule has 3 nitrogen and oxygen atoms in total. The third-order valence-corrected chi connectivity index (χ3v) is 4.93. The molecule has 0 unspecified atom stereocenters. The van der Waals surface area contributed by atoms with Crippen molar-refractivity contribution in [2.75, 3.05) is 0 Å². The molecule has 0 saturated carbocycles. The number of hydrogen-bond donors (Lipinski definition) is 1. The van der Waals surface area contributed by atoms with Crippen LogP contribution in [0.4, 0.5) is 0 Å². The summed E-state index contributed by atoms with van der Waals surface area (Å²) in [4.78, 5) is 3.54. The number of aliphatic hydroxyl groups is 1. The Morgan fingerprint density at radius 2 is 2.00 bits per heavy atom. The number of allylic oxidation sites excluding steroid dienone is 1. The molecular weight excluding hydrogens is 238 g/mol. The average Bonchev–Trinajstić information content (AvgIpc) is 2.33. The molecular formula is C16H25NO2. The van der Waals surface area contributed by atoms with Gasteiger partial charge in [-0.2, -0.15) is 0 Å². The van der Waals surface area contributed by atoms with Gasteiger partial charge in [0.25, 0.3) is 0 Å². The van der Waals surface area contributed by atoms with Gasteiger partial charge in [-0.1, -0.05) is 34.6 Å². The molecule has 1 aliphatic heterocycles. The van der Waals surface area contributed by atoms with Crippen LogP contribution in [-0.4, -0.2) is 17.3 Å². The second-order valence-corrected chi connectivity index (χ2v) is 7.30. The summed E-state index contributed by atoms with van der Waals surface area (Å²) in [6.45, 7) is 17.8. The maximum absolute atomic E-state index is 10.4. The smallest absolute Gasteiger partial charge is 0.203 e. The fourth-order valence-electron chi connectivity index (χ4n) is 3.78. The van der Waals surface area contributed by atoms with Crippen LogP contribution in [0.25, 0.3) is 4.85 Å². The molecule has 1 aliphatic carbocycles. The van der Waals surface area contributed by atoms with Gasteiger partial charge in [0, 0.05) is 5.41 Å². The van der Waals surface area contributed by atoms with E-state index in [0.29, 0.717) is 18.0 Å². The van der Waals surface area contributed by atoms with E-state index in [1.54, 1.807) is 0 Å². The SMILES string of the molecule is [C-]#[N+]C1=C(O)C(C)(C)[C@@H]2O[C@H](C(C)C)CC[C@@]2(C)C1. The highest BCUT2D eigenvalue weighted by molar-refractivity contribution is 5.29. The zero-order chi connectivity index (χ0) is 14.4. The second kappa shape index (κ2) is 4.52. The molecule has 3 atom stereocenters. The van der Waals surface area contributed by atoms with Crippen LogP contribution in [0.3, 0.4) is 0 Å². The minimum Gasteiger partial charge on any atom is -0.523 e. The van der Waals surface area contributed by atoms with E-state index in [4.69, 9.17) is 11.3 Å². The number of aliphatic hydroxyl groups excluding tert-OH is 1. The Labute approximate surface area is 116 Å². The van der Waals surface area contributed by atoms with Crippen LogP contribution in [0.2, 0.25) is 0 Å². The van der Waals surface area contributed by atoms with Gasteiger partial charge in [0.1, 0.15) is 5.76 Å². The van der Waals surface area contributed by atoms with Crippen molar-refractivity contribution in [3.8, 4) is 0 Å². The zero-order valence-electron chi connectivity index (χ0n) is 12.7. The van der Waals surface area contributed by atoms with Gasteiger partial charge in [0.05, 0.1) is 18.8 Å². The highest BCUT2D eigenvalue weighted by Crippen LogP contribution is 2.55. The molecule has 1 saturated heterocycles. The summed E-state index contributed by atoms with van der Waals surface area (Å²) >= 11 is 0. The lowest BCUT2D eigenvalue weighted by atomic mass is 9.60. The Bertz CT molecular complexity index is 444. The predicted molar refractivity (Wildman–Crippen MR) is 75.5 cm³/mol. The Kier molecular flexibility index (Phi) is 3.43. The summed E-state index contributed by atoms with van der Waals surface area (Å²) in [5.41, 5.74) is 0.0249. The first-order chi connectivity index (χ1) is 8.72. The van der Waals surface area contributed by atoms with Crippen molar-refractivity contribution in [3.05, 3.63) is 22.9 Å². The first-order valence-electron chi connectivity index (χ1n) is 7.18. The Hall–Kier alpha value is -1.01. The third-order valence-electron chi connectivity index (χ3n) is 4.93. The van der Waals surface area contributed by atoms with Crippen LogP contribution < -0.4 is 0 Å². The van der Waals surface area contributed by atoms with Crippen LogP contribution in [-0.2, 0) is 4.74 Å². The lowest BCUT2D eigenvalue weighted by Gasteiger charge is -2.54. The molecule has 1 fully saturated rings. The maximum atomic E-state index is 10.4. The Morgan fingerprint density at radius 1 is 1.37 bits per heavy atom. The maximum Gasteiger partial charge on any atom is 0.203 e. The van der Waals surface area contributed by atoms with Gasteiger partial charge < -0.3 is 9.84 Å². The van der Waals surface area contributed by atoms with Crippen molar-refractivity contribution in [2.24, 2.45) is 16.7 Å². The van der Waals surface area contributed by atoms with Crippen molar-refractivity contribution in [1.82, 2.24) is 0 Å². The van der Waals surface area contributed by atoms with Gasteiger partial charge in [-0.25, -0.2) is 4.85 Å². The van der Waals surface area contributed by atoms with Crippen molar-refractivity contribution >= 4 is 0 Å². The second-order valence-electron chi connectivity index (χ2n) is 7.30. The molecule has 0 radical (unpaired) electrons. The number of rotatable bonds is 1. The predicted octanol–water partition coefficient (Wildman–Crippen LogP) is 4.32. The molecule has 0 spiro atoms. The molecule has 1 N–H and O–H groups in total. The van der Waals surface area contributed by atoms with Crippen LogP contribution in [0.1, 0.15) is 53.9 Å². The van der Waals surface area contributed by atoms with E-state index < -0.39 is 5.41 Å². The normalized spacial score (nSPS) is 37.9. The molecule has 106 valence electrons. The van der Waals surface area contributed by atoms with Crippen LogP contribution in [0.15, 0.2) is 11.5 Å². The summed E-state index contributed by atoms with van der Waals surface area (Å²) in [6.07, 6.45) is 3.01. The van der Waals surface area contributed by atoms with E-state index in [-0.39, 0.29) is 23.4 Å². The molecule has 0 aromatic carbocycles. The monoisotopic (exact) mass is 263 g/mol. The Morgan fingerprint density at radius 3 is 2.53 bits per heavy atom. The van der Waals surface area contributed by atoms with Gasteiger partial charge in [-0.15, -0.1) is 0 Å². The minimum absolute atomic E-state index is 0.00773. The van der Waals surface area contributed by atoms with E-state index >= 15 is 0 Å². The molecule has 19 heavy (non-hydrogen) atoms. The quantitative estimate of drug-likeness (QED) is 0.715. The highest BCUT2D eigenvalue weighted by atomic mass is 16.5. The Balaban J connectivity index is 2.40. The van der Waals surface area contributed by atoms with Gasteiger partial charge in [0.2, 0.25) is 5.70 Å². The summed E-state index contributed by atoms with van der Waals surface area (Å²) in [5.74, 6) is 0.725. The molecule has 1 heterocycles. The van der Waals surface area contributed by atoms with Crippen molar-refractivity contribution in [1.29, 1.82) is 0 Å². The van der Waals surface area contributed by atoms with E-state index in [9.17, 15) is 5.11 Å². The van der Waals surface area contributed by atoms with Gasteiger partial charge in [-0.05, 0) is 30.6 Å². The van der Waals surface area contributed by atoms with Crippen molar-refractivity contribution < 1.29 is 9.84 Å². The first-order valence-corrected chi connectivity index (χ1v) is 7.18. The standard InChI is InChI=1S/C16H25NO2/c1-10(2)12-7-8-16(5)9-11(17-6)13(18)15(3,4)14(16)19-12/h10,12,14,18H,7-9H2,1-5H3/t12-,14-,16-/m0/s1. The van der Waals surface area contributed by atoms with E-state index in [0.717, 1.165) is 12.8 Å². The molecule has 2 rings (SSSR count). The van der Waals surface area contributed by atoms with E-state index in [1.807, 2.05) is 13.8 Å². The fraction of sp³-hybridized carbons (Fsp3) is 0.812.